The lowest BCUT2D eigenvalue weighted by molar-refractivity contribution is -0.137. The van der Waals surface area contributed by atoms with E-state index in [1.165, 1.54) is 17.4 Å². The predicted molar refractivity (Wildman–Crippen MR) is 63.9 cm³/mol. The van der Waals surface area contributed by atoms with Crippen LogP contribution in [0.3, 0.4) is 0 Å². The quantitative estimate of drug-likeness (QED) is 0.589. The fourth-order valence-electron chi connectivity index (χ4n) is 1.64. The largest absolute Gasteiger partial charge is 0.416 e. The molecule has 0 N–H and O–H groups in total. The standard InChI is InChI=1S/C13H8F4OS/c1-7-9(4-5-19-7)12(18)10-6-8(13(15,16)17)2-3-11(10)14/h2-6H,1H3. The number of hydrogen-bond acceptors (Lipinski definition) is 2. The van der Waals surface area contributed by atoms with E-state index in [2.05, 4.69) is 0 Å². The third-order valence-electron chi connectivity index (χ3n) is 2.64. The molecule has 0 aliphatic rings. The average Bonchev–Trinajstić information content (AvgIpc) is 2.73. The molecule has 19 heavy (non-hydrogen) atoms. The molecule has 100 valence electrons. The van der Waals surface area contributed by atoms with Gasteiger partial charge in [-0.15, -0.1) is 11.3 Å². The fourth-order valence-corrected chi connectivity index (χ4v) is 2.34. The molecule has 1 aromatic heterocycles. The van der Waals surface area contributed by atoms with Gasteiger partial charge in [0.15, 0.2) is 5.78 Å². The van der Waals surface area contributed by atoms with E-state index < -0.39 is 28.9 Å². The van der Waals surface area contributed by atoms with Crippen LogP contribution < -0.4 is 0 Å². The second kappa shape index (κ2) is 4.77. The first-order chi connectivity index (χ1) is 8.80. The van der Waals surface area contributed by atoms with Crippen LogP contribution in [0.25, 0.3) is 0 Å². The Morgan fingerprint density at radius 1 is 1.16 bits per heavy atom. The summed E-state index contributed by atoms with van der Waals surface area (Å²) in [5.41, 5.74) is -1.37. The Hall–Kier alpha value is -1.69. The molecule has 0 saturated carbocycles. The minimum atomic E-state index is -4.60. The molecule has 1 aromatic carbocycles. The number of alkyl halides is 3. The third-order valence-corrected chi connectivity index (χ3v) is 3.49. The van der Waals surface area contributed by atoms with Gasteiger partial charge in [-0.3, -0.25) is 4.79 Å². The van der Waals surface area contributed by atoms with Gasteiger partial charge in [0, 0.05) is 10.4 Å². The number of carbonyl (C=O) groups is 1. The van der Waals surface area contributed by atoms with E-state index in [4.69, 9.17) is 0 Å². The zero-order valence-corrected chi connectivity index (χ0v) is 10.5. The van der Waals surface area contributed by atoms with Crippen LogP contribution in [-0.4, -0.2) is 5.78 Å². The molecule has 0 spiro atoms. The number of rotatable bonds is 2. The minimum Gasteiger partial charge on any atom is -0.288 e. The summed E-state index contributed by atoms with van der Waals surface area (Å²) in [6, 6.07) is 3.31. The molecule has 2 aromatic rings. The van der Waals surface area contributed by atoms with E-state index in [-0.39, 0.29) is 5.56 Å². The Balaban J connectivity index is 2.51. The molecule has 0 radical (unpaired) electrons. The Morgan fingerprint density at radius 3 is 2.37 bits per heavy atom. The summed E-state index contributed by atoms with van der Waals surface area (Å²) in [5.74, 6) is -1.69. The van der Waals surface area contributed by atoms with Gasteiger partial charge >= 0.3 is 6.18 Å². The highest BCUT2D eigenvalue weighted by molar-refractivity contribution is 7.10. The van der Waals surface area contributed by atoms with Crippen LogP contribution in [0.5, 0.6) is 0 Å². The maximum Gasteiger partial charge on any atom is 0.416 e. The summed E-state index contributed by atoms with van der Waals surface area (Å²) >= 11 is 1.28. The van der Waals surface area contributed by atoms with Gasteiger partial charge in [-0.25, -0.2) is 4.39 Å². The first-order valence-electron chi connectivity index (χ1n) is 5.26. The van der Waals surface area contributed by atoms with E-state index >= 15 is 0 Å². The van der Waals surface area contributed by atoms with Gasteiger partial charge in [0.2, 0.25) is 0 Å². The van der Waals surface area contributed by atoms with Crippen molar-refractivity contribution < 1.29 is 22.4 Å². The van der Waals surface area contributed by atoms with Gasteiger partial charge in [0.25, 0.3) is 0 Å². The molecule has 1 heterocycles. The summed E-state index contributed by atoms with van der Waals surface area (Å²) in [7, 11) is 0. The van der Waals surface area contributed by atoms with Crippen LogP contribution in [0.1, 0.15) is 26.4 Å². The van der Waals surface area contributed by atoms with E-state index in [0.717, 1.165) is 0 Å². The zero-order chi connectivity index (χ0) is 14.2. The molecule has 0 atom stereocenters. The highest BCUT2D eigenvalue weighted by Crippen LogP contribution is 2.31. The highest BCUT2D eigenvalue weighted by Gasteiger charge is 2.32. The molecular formula is C13H8F4OS. The van der Waals surface area contributed by atoms with Crippen LogP contribution in [0.4, 0.5) is 17.6 Å². The van der Waals surface area contributed by atoms with E-state index in [1.807, 2.05) is 0 Å². The normalized spacial score (nSPS) is 11.6. The topological polar surface area (TPSA) is 17.1 Å². The number of thiophene rings is 1. The summed E-state index contributed by atoms with van der Waals surface area (Å²) < 4.78 is 51.2. The Morgan fingerprint density at radius 2 is 1.84 bits per heavy atom. The summed E-state index contributed by atoms with van der Waals surface area (Å²) in [6.07, 6.45) is -4.60. The molecule has 6 heteroatoms. The molecule has 2 rings (SSSR count). The molecule has 0 unspecified atom stereocenters. The molecule has 0 saturated heterocycles. The van der Waals surface area contributed by atoms with Crippen LogP contribution in [0, 0.1) is 12.7 Å². The Kier molecular flexibility index (Phi) is 3.45. The van der Waals surface area contributed by atoms with Crippen molar-refractivity contribution in [3.8, 4) is 0 Å². The molecular weight excluding hydrogens is 280 g/mol. The lowest BCUT2D eigenvalue weighted by Gasteiger charge is -2.09. The Labute approximate surface area is 110 Å². The third kappa shape index (κ3) is 2.68. The number of aryl methyl sites for hydroxylation is 1. The zero-order valence-electron chi connectivity index (χ0n) is 9.72. The maximum atomic E-state index is 13.5. The van der Waals surface area contributed by atoms with Crippen LogP contribution >= 0.6 is 11.3 Å². The van der Waals surface area contributed by atoms with Crippen molar-refractivity contribution in [2.75, 3.05) is 0 Å². The van der Waals surface area contributed by atoms with Crippen molar-refractivity contribution in [2.45, 2.75) is 13.1 Å². The van der Waals surface area contributed by atoms with Gasteiger partial charge in [-0.2, -0.15) is 13.2 Å². The first kappa shape index (κ1) is 13.7. The highest BCUT2D eigenvalue weighted by atomic mass is 32.1. The van der Waals surface area contributed by atoms with Gasteiger partial charge in [0.05, 0.1) is 11.1 Å². The van der Waals surface area contributed by atoms with Gasteiger partial charge in [-0.1, -0.05) is 0 Å². The molecule has 0 amide bonds. The SMILES string of the molecule is Cc1sccc1C(=O)c1cc(C(F)(F)F)ccc1F. The number of benzene rings is 1. The summed E-state index contributed by atoms with van der Waals surface area (Å²) in [6.45, 7) is 1.66. The summed E-state index contributed by atoms with van der Waals surface area (Å²) in [4.78, 5) is 12.7. The molecule has 0 fully saturated rings. The second-order valence-corrected chi connectivity index (χ2v) is 5.03. The smallest absolute Gasteiger partial charge is 0.288 e. The monoisotopic (exact) mass is 288 g/mol. The molecule has 1 nitrogen and oxygen atoms in total. The van der Waals surface area contributed by atoms with Crippen molar-refractivity contribution in [3.63, 3.8) is 0 Å². The van der Waals surface area contributed by atoms with Crippen molar-refractivity contribution in [3.05, 3.63) is 57.0 Å². The maximum absolute atomic E-state index is 13.5. The molecule has 0 bridgehead atoms. The van der Waals surface area contributed by atoms with Crippen molar-refractivity contribution in [1.82, 2.24) is 0 Å². The predicted octanol–water partition coefficient (Wildman–Crippen LogP) is 4.45. The lowest BCUT2D eigenvalue weighted by Crippen LogP contribution is -2.10. The van der Waals surface area contributed by atoms with E-state index in [1.54, 1.807) is 12.3 Å². The molecule has 0 aliphatic heterocycles. The van der Waals surface area contributed by atoms with Crippen LogP contribution in [0.15, 0.2) is 29.6 Å². The van der Waals surface area contributed by atoms with E-state index in [0.29, 0.717) is 23.1 Å². The lowest BCUT2D eigenvalue weighted by atomic mass is 10.0. The van der Waals surface area contributed by atoms with Crippen LogP contribution in [-0.2, 0) is 6.18 Å². The Bertz CT molecular complexity index is 628. The first-order valence-corrected chi connectivity index (χ1v) is 6.14. The second-order valence-electron chi connectivity index (χ2n) is 3.91. The van der Waals surface area contributed by atoms with Crippen molar-refractivity contribution >= 4 is 17.1 Å². The number of hydrogen-bond donors (Lipinski definition) is 0. The summed E-state index contributed by atoms with van der Waals surface area (Å²) in [5, 5.41) is 1.63. The van der Waals surface area contributed by atoms with Crippen molar-refractivity contribution in [1.29, 1.82) is 0 Å². The fraction of sp³-hybridized carbons (Fsp3) is 0.154. The molecule has 0 aliphatic carbocycles. The van der Waals surface area contributed by atoms with E-state index in [9.17, 15) is 22.4 Å². The number of ketones is 1. The van der Waals surface area contributed by atoms with Gasteiger partial charge in [0.1, 0.15) is 5.82 Å². The average molecular weight is 288 g/mol. The van der Waals surface area contributed by atoms with Gasteiger partial charge < -0.3 is 0 Å². The minimum absolute atomic E-state index is 0.225. The van der Waals surface area contributed by atoms with Crippen molar-refractivity contribution in [2.24, 2.45) is 0 Å². The van der Waals surface area contributed by atoms with Crippen LogP contribution in [0.2, 0.25) is 0 Å². The number of carbonyl (C=O) groups excluding carboxylic acids is 1. The van der Waals surface area contributed by atoms with Gasteiger partial charge in [-0.05, 0) is 36.6 Å². The number of halogens is 4.